The molecule has 0 radical (unpaired) electrons. The van der Waals surface area contributed by atoms with Crippen LogP contribution in [0.15, 0.2) is 28.7 Å². The van der Waals surface area contributed by atoms with E-state index in [1.54, 1.807) is 0 Å². The smallest absolute Gasteiger partial charge is 0.0607 e. The Morgan fingerprint density at radius 2 is 1.87 bits per heavy atom. The van der Waals surface area contributed by atoms with Crippen molar-refractivity contribution in [2.24, 2.45) is 0 Å². The molecule has 3 N–H and O–H groups in total. The highest BCUT2D eigenvalue weighted by Crippen LogP contribution is 2.22. The molecule has 0 aliphatic rings. The summed E-state index contributed by atoms with van der Waals surface area (Å²) in [5.74, 6) is 0. The van der Waals surface area contributed by atoms with Gasteiger partial charge in [0.25, 0.3) is 0 Å². The van der Waals surface area contributed by atoms with Crippen LogP contribution in [0.3, 0.4) is 0 Å². The molecule has 0 aliphatic carbocycles. The lowest BCUT2D eigenvalue weighted by molar-refractivity contribution is 0.163. The van der Waals surface area contributed by atoms with Gasteiger partial charge in [0, 0.05) is 10.5 Å². The molecule has 1 rings (SSSR count). The van der Waals surface area contributed by atoms with Gasteiger partial charge in [-0.3, -0.25) is 0 Å². The largest absolute Gasteiger partial charge is 0.395 e. The molecule has 0 unspecified atom stereocenters. The molecule has 1 aromatic rings. The summed E-state index contributed by atoms with van der Waals surface area (Å²) in [6.45, 7) is 1.87. The summed E-state index contributed by atoms with van der Waals surface area (Å²) in [6, 6.07) is 7.71. The average molecular weight is 274 g/mol. The quantitative estimate of drug-likeness (QED) is 0.761. The van der Waals surface area contributed by atoms with Crippen LogP contribution in [0.5, 0.6) is 0 Å². The van der Waals surface area contributed by atoms with E-state index in [2.05, 4.69) is 21.2 Å². The van der Waals surface area contributed by atoms with E-state index in [0.29, 0.717) is 0 Å². The van der Waals surface area contributed by atoms with Crippen molar-refractivity contribution < 1.29 is 10.2 Å². The first-order valence-corrected chi connectivity index (χ1v) is 5.70. The van der Waals surface area contributed by atoms with Crippen molar-refractivity contribution in [1.82, 2.24) is 5.32 Å². The van der Waals surface area contributed by atoms with Crippen molar-refractivity contribution in [2.75, 3.05) is 13.2 Å². The van der Waals surface area contributed by atoms with Crippen LogP contribution in [0.4, 0.5) is 0 Å². The number of nitrogens with one attached hydrogen (secondary N) is 1. The molecule has 3 nitrogen and oxygen atoms in total. The molecule has 0 saturated heterocycles. The third kappa shape index (κ3) is 3.57. The summed E-state index contributed by atoms with van der Waals surface area (Å²) in [5, 5.41) is 21.1. The van der Waals surface area contributed by atoms with Gasteiger partial charge in [-0.05, 0) is 18.6 Å². The fourth-order valence-electron chi connectivity index (χ4n) is 1.43. The Balaban J connectivity index is 2.68. The Morgan fingerprint density at radius 3 is 2.40 bits per heavy atom. The van der Waals surface area contributed by atoms with E-state index >= 15 is 0 Å². The van der Waals surface area contributed by atoms with E-state index in [9.17, 15) is 0 Å². The number of rotatable bonds is 5. The number of hydrogen-bond donors (Lipinski definition) is 3. The van der Waals surface area contributed by atoms with Crippen molar-refractivity contribution in [3.8, 4) is 0 Å². The summed E-state index contributed by atoms with van der Waals surface area (Å²) >= 11 is 3.47. The second kappa shape index (κ2) is 6.23. The van der Waals surface area contributed by atoms with E-state index < -0.39 is 0 Å². The predicted octanol–water partition coefficient (Wildman–Crippen LogP) is 1.45. The van der Waals surface area contributed by atoms with E-state index in [4.69, 9.17) is 10.2 Å². The molecular weight excluding hydrogens is 258 g/mol. The van der Waals surface area contributed by atoms with Crippen LogP contribution in [0, 0.1) is 0 Å². The first-order valence-electron chi connectivity index (χ1n) is 4.91. The molecule has 0 saturated carbocycles. The fourth-order valence-corrected chi connectivity index (χ4v) is 2.06. The minimum Gasteiger partial charge on any atom is -0.395 e. The molecule has 0 heterocycles. The van der Waals surface area contributed by atoms with Gasteiger partial charge >= 0.3 is 0 Å². The lowest BCUT2D eigenvalue weighted by Gasteiger charge is -2.21. The zero-order chi connectivity index (χ0) is 11.3. The van der Waals surface area contributed by atoms with Crippen LogP contribution in [0.25, 0.3) is 0 Å². The van der Waals surface area contributed by atoms with Gasteiger partial charge in [0.15, 0.2) is 0 Å². The Kier molecular flexibility index (Phi) is 5.25. The van der Waals surface area contributed by atoms with Crippen LogP contribution in [-0.2, 0) is 0 Å². The maximum absolute atomic E-state index is 8.96. The molecule has 0 aliphatic heterocycles. The third-order valence-corrected chi connectivity index (χ3v) is 3.02. The van der Waals surface area contributed by atoms with E-state index in [1.807, 2.05) is 31.2 Å². The maximum Gasteiger partial charge on any atom is 0.0607 e. The van der Waals surface area contributed by atoms with E-state index in [0.717, 1.165) is 10.0 Å². The zero-order valence-electron chi connectivity index (χ0n) is 8.65. The molecule has 15 heavy (non-hydrogen) atoms. The number of aliphatic hydroxyl groups excluding tert-OH is 2. The highest BCUT2D eigenvalue weighted by Gasteiger charge is 2.13. The molecular formula is C11H16BrNO2. The van der Waals surface area contributed by atoms with Gasteiger partial charge in [-0.25, -0.2) is 0 Å². The fraction of sp³-hybridized carbons (Fsp3) is 0.455. The second-order valence-electron chi connectivity index (χ2n) is 3.47. The van der Waals surface area contributed by atoms with E-state index in [-0.39, 0.29) is 25.3 Å². The summed E-state index contributed by atoms with van der Waals surface area (Å²) in [4.78, 5) is 0. The van der Waals surface area contributed by atoms with Crippen LogP contribution in [0.2, 0.25) is 0 Å². The van der Waals surface area contributed by atoms with Crippen LogP contribution in [0.1, 0.15) is 18.5 Å². The Morgan fingerprint density at radius 1 is 1.27 bits per heavy atom. The van der Waals surface area contributed by atoms with Gasteiger partial charge in [0.2, 0.25) is 0 Å². The number of aliphatic hydroxyl groups is 2. The normalized spacial score (nSPS) is 13.1. The van der Waals surface area contributed by atoms with Gasteiger partial charge in [0.1, 0.15) is 0 Å². The topological polar surface area (TPSA) is 52.5 Å². The highest BCUT2D eigenvalue weighted by atomic mass is 79.9. The zero-order valence-corrected chi connectivity index (χ0v) is 10.2. The molecule has 4 heteroatoms. The molecule has 1 atom stereocenters. The Hall–Kier alpha value is -0.420. The van der Waals surface area contributed by atoms with Gasteiger partial charge in [-0.1, -0.05) is 34.1 Å². The standard InChI is InChI=1S/C11H16BrNO2/c1-8(13-9(6-14)7-15)10-4-2-3-5-11(10)12/h2-5,8-9,13-15H,6-7H2,1H3/t8-/m1/s1. The van der Waals surface area contributed by atoms with Crippen molar-refractivity contribution in [2.45, 2.75) is 19.0 Å². The Labute approximate surface area is 98.3 Å². The van der Waals surface area contributed by atoms with Crippen molar-refractivity contribution >= 4 is 15.9 Å². The first-order chi connectivity index (χ1) is 7.19. The van der Waals surface area contributed by atoms with Gasteiger partial charge in [-0.15, -0.1) is 0 Å². The molecule has 84 valence electrons. The van der Waals surface area contributed by atoms with Crippen molar-refractivity contribution in [3.63, 3.8) is 0 Å². The van der Waals surface area contributed by atoms with E-state index in [1.165, 1.54) is 0 Å². The molecule has 1 aromatic carbocycles. The molecule has 0 spiro atoms. The molecule has 0 aromatic heterocycles. The molecule has 0 amide bonds. The first kappa shape index (κ1) is 12.6. The summed E-state index contributed by atoms with van der Waals surface area (Å²) in [5.41, 5.74) is 1.12. The summed E-state index contributed by atoms with van der Waals surface area (Å²) < 4.78 is 1.03. The molecule has 0 bridgehead atoms. The maximum atomic E-state index is 8.96. The van der Waals surface area contributed by atoms with Gasteiger partial charge in [-0.2, -0.15) is 0 Å². The minimum absolute atomic E-state index is 0.0642. The SMILES string of the molecule is C[C@@H](NC(CO)CO)c1ccccc1Br. The van der Waals surface area contributed by atoms with Crippen LogP contribution < -0.4 is 5.32 Å². The number of benzene rings is 1. The second-order valence-corrected chi connectivity index (χ2v) is 4.33. The summed E-state index contributed by atoms with van der Waals surface area (Å²) in [7, 11) is 0. The Bertz CT molecular complexity index is 302. The third-order valence-electron chi connectivity index (χ3n) is 2.30. The lowest BCUT2D eigenvalue weighted by Crippen LogP contribution is -2.37. The molecule has 0 fully saturated rings. The number of halogens is 1. The van der Waals surface area contributed by atoms with Crippen molar-refractivity contribution in [3.05, 3.63) is 34.3 Å². The lowest BCUT2D eigenvalue weighted by atomic mass is 10.1. The van der Waals surface area contributed by atoms with Gasteiger partial charge in [0.05, 0.1) is 19.3 Å². The average Bonchev–Trinajstić information content (AvgIpc) is 2.26. The highest BCUT2D eigenvalue weighted by molar-refractivity contribution is 9.10. The van der Waals surface area contributed by atoms with Crippen LogP contribution in [-0.4, -0.2) is 29.5 Å². The van der Waals surface area contributed by atoms with Crippen molar-refractivity contribution in [1.29, 1.82) is 0 Å². The monoisotopic (exact) mass is 273 g/mol. The van der Waals surface area contributed by atoms with Crippen LogP contribution >= 0.6 is 15.9 Å². The minimum atomic E-state index is -0.271. The summed E-state index contributed by atoms with van der Waals surface area (Å²) in [6.07, 6.45) is 0. The van der Waals surface area contributed by atoms with Gasteiger partial charge < -0.3 is 15.5 Å². The number of hydrogen-bond acceptors (Lipinski definition) is 3. The predicted molar refractivity (Wildman–Crippen MR) is 63.7 cm³/mol.